The molecule has 0 spiro atoms. The zero-order valence-electron chi connectivity index (χ0n) is 13.2. The number of aromatic nitrogens is 2. The van der Waals surface area contributed by atoms with Crippen LogP contribution in [-0.2, 0) is 11.2 Å². The predicted octanol–water partition coefficient (Wildman–Crippen LogP) is 3.78. The Labute approximate surface area is 140 Å². The third kappa shape index (κ3) is 4.28. The highest BCUT2D eigenvalue weighted by Crippen LogP contribution is 2.35. The van der Waals surface area contributed by atoms with Crippen molar-refractivity contribution in [3.05, 3.63) is 34.8 Å². The molecule has 1 aromatic heterocycles. The van der Waals surface area contributed by atoms with E-state index >= 15 is 0 Å². The Balaban J connectivity index is 1.55. The van der Waals surface area contributed by atoms with Crippen molar-refractivity contribution < 1.29 is 9.53 Å². The van der Waals surface area contributed by atoms with Crippen LogP contribution in [0.4, 0.5) is 5.13 Å². The van der Waals surface area contributed by atoms with Crippen molar-refractivity contribution >= 4 is 22.4 Å². The first-order valence-corrected chi connectivity index (χ1v) is 8.82. The Hall–Kier alpha value is -1.95. The Kier molecular flexibility index (Phi) is 5.23. The summed E-state index contributed by atoms with van der Waals surface area (Å²) in [6, 6.07) is 7.50. The van der Waals surface area contributed by atoms with Crippen LogP contribution in [0.2, 0.25) is 0 Å². The fourth-order valence-electron chi connectivity index (χ4n) is 2.89. The van der Waals surface area contributed by atoms with E-state index in [0.717, 1.165) is 16.3 Å². The van der Waals surface area contributed by atoms with E-state index in [0.29, 0.717) is 17.5 Å². The topological polar surface area (TPSA) is 64.1 Å². The Morgan fingerprint density at radius 3 is 2.65 bits per heavy atom. The fraction of sp³-hybridized carbons (Fsp3) is 0.471. The SMILES string of the molecule is COc1ccc(CC(=O)Nc2nnc(C3CCCCC3)s2)cc1. The van der Waals surface area contributed by atoms with Gasteiger partial charge >= 0.3 is 0 Å². The van der Waals surface area contributed by atoms with Gasteiger partial charge in [-0.1, -0.05) is 42.7 Å². The normalized spacial score (nSPS) is 15.3. The molecule has 1 aromatic carbocycles. The second kappa shape index (κ2) is 7.55. The summed E-state index contributed by atoms with van der Waals surface area (Å²) in [4.78, 5) is 12.1. The number of hydrogen-bond donors (Lipinski definition) is 1. The molecule has 0 saturated heterocycles. The van der Waals surface area contributed by atoms with E-state index in [4.69, 9.17) is 4.74 Å². The summed E-state index contributed by atoms with van der Waals surface area (Å²) in [7, 11) is 1.63. The first kappa shape index (κ1) is 15.9. The summed E-state index contributed by atoms with van der Waals surface area (Å²) >= 11 is 1.51. The number of amides is 1. The van der Waals surface area contributed by atoms with E-state index in [9.17, 15) is 4.79 Å². The maximum atomic E-state index is 12.1. The van der Waals surface area contributed by atoms with Gasteiger partial charge in [0.15, 0.2) is 0 Å². The van der Waals surface area contributed by atoms with Crippen molar-refractivity contribution in [2.75, 3.05) is 12.4 Å². The minimum Gasteiger partial charge on any atom is -0.497 e. The van der Waals surface area contributed by atoms with Gasteiger partial charge in [0.25, 0.3) is 0 Å². The van der Waals surface area contributed by atoms with Gasteiger partial charge in [-0.25, -0.2) is 0 Å². The molecule has 6 heteroatoms. The van der Waals surface area contributed by atoms with Crippen molar-refractivity contribution in [1.82, 2.24) is 10.2 Å². The second-order valence-corrected chi connectivity index (χ2v) is 6.86. The standard InChI is InChI=1S/C17H21N3O2S/c1-22-14-9-7-12(8-10-14)11-15(21)18-17-20-19-16(23-17)13-5-3-2-4-6-13/h7-10,13H,2-6,11H2,1H3,(H,18,20,21). The Morgan fingerprint density at radius 1 is 1.22 bits per heavy atom. The summed E-state index contributed by atoms with van der Waals surface area (Å²) < 4.78 is 5.11. The summed E-state index contributed by atoms with van der Waals surface area (Å²) in [6.45, 7) is 0. The lowest BCUT2D eigenvalue weighted by atomic mass is 9.90. The lowest BCUT2D eigenvalue weighted by molar-refractivity contribution is -0.115. The second-order valence-electron chi connectivity index (χ2n) is 5.85. The van der Waals surface area contributed by atoms with E-state index in [1.807, 2.05) is 24.3 Å². The predicted molar refractivity (Wildman–Crippen MR) is 91.1 cm³/mol. The molecule has 2 aromatic rings. The molecule has 0 atom stereocenters. The van der Waals surface area contributed by atoms with Crippen LogP contribution in [0, 0.1) is 0 Å². The average molecular weight is 331 g/mol. The molecule has 1 amide bonds. The largest absolute Gasteiger partial charge is 0.497 e. The molecule has 1 N–H and O–H groups in total. The molecule has 0 unspecified atom stereocenters. The zero-order chi connectivity index (χ0) is 16.1. The van der Waals surface area contributed by atoms with Crippen LogP contribution in [0.3, 0.4) is 0 Å². The number of ether oxygens (including phenoxy) is 1. The molecular weight excluding hydrogens is 310 g/mol. The lowest BCUT2D eigenvalue weighted by Crippen LogP contribution is -2.14. The molecule has 1 aliphatic carbocycles. The molecule has 0 radical (unpaired) electrons. The molecule has 5 nitrogen and oxygen atoms in total. The van der Waals surface area contributed by atoms with Crippen LogP contribution < -0.4 is 10.1 Å². The number of carbonyl (C=O) groups is 1. The number of carbonyl (C=O) groups excluding carboxylic acids is 1. The van der Waals surface area contributed by atoms with Crippen molar-refractivity contribution in [3.8, 4) is 5.75 Å². The molecule has 0 aliphatic heterocycles. The minimum atomic E-state index is -0.0680. The van der Waals surface area contributed by atoms with Crippen LogP contribution in [0.5, 0.6) is 5.75 Å². The molecule has 3 rings (SSSR count). The van der Waals surface area contributed by atoms with E-state index in [1.54, 1.807) is 7.11 Å². The monoisotopic (exact) mass is 331 g/mol. The highest BCUT2D eigenvalue weighted by molar-refractivity contribution is 7.15. The Bertz CT molecular complexity index is 648. The summed E-state index contributed by atoms with van der Waals surface area (Å²) in [5.41, 5.74) is 0.945. The molecule has 1 saturated carbocycles. The first-order valence-electron chi connectivity index (χ1n) is 8.01. The fourth-order valence-corrected chi connectivity index (χ4v) is 3.82. The highest BCUT2D eigenvalue weighted by atomic mass is 32.1. The molecule has 1 aliphatic rings. The summed E-state index contributed by atoms with van der Waals surface area (Å²) in [6.07, 6.45) is 6.55. The van der Waals surface area contributed by atoms with Crippen LogP contribution >= 0.6 is 11.3 Å². The van der Waals surface area contributed by atoms with Crippen molar-refractivity contribution in [1.29, 1.82) is 0 Å². The maximum Gasteiger partial charge on any atom is 0.230 e. The average Bonchev–Trinajstić information content (AvgIpc) is 3.04. The van der Waals surface area contributed by atoms with Crippen LogP contribution in [0.15, 0.2) is 24.3 Å². The van der Waals surface area contributed by atoms with Crippen LogP contribution in [-0.4, -0.2) is 23.2 Å². The zero-order valence-corrected chi connectivity index (χ0v) is 14.1. The van der Waals surface area contributed by atoms with Gasteiger partial charge in [0.2, 0.25) is 11.0 Å². The summed E-state index contributed by atoms with van der Waals surface area (Å²) in [5, 5.41) is 12.9. The Morgan fingerprint density at radius 2 is 1.96 bits per heavy atom. The highest BCUT2D eigenvalue weighted by Gasteiger charge is 2.20. The molecule has 0 bridgehead atoms. The molecule has 122 valence electrons. The van der Waals surface area contributed by atoms with Gasteiger partial charge in [-0.3, -0.25) is 4.79 Å². The number of benzene rings is 1. The lowest BCUT2D eigenvalue weighted by Gasteiger charge is -2.18. The van der Waals surface area contributed by atoms with Crippen molar-refractivity contribution in [2.24, 2.45) is 0 Å². The van der Waals surface area contributed by atoms with Gasteiger partial charge in [0.1, 0.15) is 10.8 Å². The molecule has 23 heavy (non-hydrogen) atoms. The number of hydrogen-bond acceptors (Lipinski definition) is 5. The van der Waals surface area contributed by atoms with Gasteiger partial charge in [-0.05, 0) is 30.5 Å². The van der Waals surface area contributed by atoms with Crippen LogP contribution in [0.1, 0.15) is 48.6 Å². The number of nitrogens with zero attached hydrogens (tertiary/aromatic N) is 2. The van der Waals surface area contributed by atoms with Gasteiger partial charge in [-0.2, -0.15) is 0 Å². The van der Waals surface area contributed by atoms with E-state index in [-0.39, 0.29) is 5.91 Å². The van der Waals surface area contributed by atoms with Gasteiger partial charge in [0.05, 0.1) is 13.5 Å². The first-order chi connectivity index (χ1) is 11.2. The number of anilines is 1. The van der Waals surface area contributed by atoms with Crippen molar-refractivity contribution in [3.63, 3.8) is 0 Å². The van der Waals surface area contributed by atoms with Crippen molar-refractivity contribution in [2.45, 2.75) is 44.4 Å². The van der Waals surface area contributed by atoms with Gasteiger partial charge in [-0.15, -0.1) is 10.2 Å². The minimum absolute atomic E-state index is 0.0680. The van der Waals surface area contributed by atoms with E-state index < -0.39 is 0 Å². The third-order valence-electron chi connectivity index (χ3n) is 4.17. The number of nitrogens with one attached hydrogen (secondary N) is 1. The smallest absolute Gasteiger partial charge is 0.230 e. The third-order valence-corrected chi connectivity index (χ3v) is 5.17. The quantitative estimate of drug-likeness (QED) is 0.905. The molecule has 1 heterocycles. The maximum absolute atomic E-state index is 12.1. The number of rotatable bonds is 5. The molecule has 1 fully saturated rings. The van der Waals surface area contributed by atoms with Crippen LogP contribution in [0.25, 0.3) is 0 Å². The molecular formula is C17H21N3O2S. The summed E-state index contributed by atoms with van der Waals surface area (Å²) in [5.74, 6) is 1.24. The van der Waals surface area contributed by atoms with Gasteiger partial charge < -0.3 is 10.1 Å². The van der Waals surface area contributed by atoms with Gasteiger partial charge in [0, 0.05) is 5.92 Å². The van der Waals surface area contributed by atoms with E-state index in [1.165, 1.54) is 43.4 Å². The van der Waals surface area contributed by atoms with E-state index in [2.05, 4.69) is 15.5 Å². The number of methoxy groups -OCH3 is 1.